The highest BCUT2D eigenvalue weighted by Crippen LogP contribution is 2.28. The number of halogens is 1. The van der Waals surface area contributed by atoms with E-state index in [0.717, 1.165) is 12.8 Å². The Morgan fingerprint density at radius 1 is 1.47 bits per heavy atom. The summed E-state index contributed by atoms with van der Waals surface area (Å²) in [6, 6.07) is 4.55. The zero-order valence-electron chi connectivity index (χ0n) is 11.3. The summed E-state index contributed by atoms with van der Waals surface area (Å²) in [5.41, 5.74) is 0.265. The Labute approximate surface area is 112 Å². The number of anilines is 1. The maximum absolute atomic E-state index is 14.0. The van der Waals surface area contributed by atoms with Crippen molar-refractivity contribution in [2.75, 3.05) is 32.1 Å². The van der Waals surface area contributed by atoms with Crippen molar-refractivity contribution in [3.05, 3.63) is 29.6 Å². The summed E-state index contributed by atoms with van der Waals surface area (Å²) in [5.74, 6) is -1.54. The number of carbonyl (C=O) groups is 1. The minimum atomic E-state index is -1.08. The summed E-state index contributed by atoms with van der Waals surface area (Å²) in [6.45, 7) is 1.36. The third-order valence-corrected chi connectivity index (χ3v) is 3.66. The predicted octanol–water partition coefficient (Wildman–Crippen LogP) is 2.05. The molecular weight excluding hydrogens is 247 g/mol. The summed E-state index contributed by atoms with van der Waals surface area (Å²) in [6.07, 6.45) is 2.00. The van der Waals surface area contributed by atoms with E-state index < -0.39 is 11.8 Å². The lowest BCUT2D eigenvalue weighted by atomic mass is 10.0. The number of carboxylic acid groups (broad SMARTS) is 1. The van der Waals surface area contributed by atoms with Gasteiger partial charge >= 0.3 is 5.97 Å². The first-order chi connectivity index (χ1) is 9.00. The van der Waals surface area contributed by atoms with Gasteiger partial charge in [0.25, 0.3) is 0 Å². The number of hydrogen-bond donors (Lipinski definition) is 1. The Hall–Kier alpha value is -1.62. The van der Waals surface area contributed by atoms with E-state index >= 15 is 0 Å². The Morgan fingerprint density at radius 3 is 2.84 bits per heavy atom. The number of piperidine rings is 1. The molecule has 0 amide bonds. The monoisotopic (exact) mass is 266 g/mol. The Kier molecular flexibility index (Phi) is 4.04. The Bertz CT molecular complexity index is 477. The van der Waals surface area contributed by atoms with Crippen LogP contribution in [0.4, 0.5) is 10.1 Å². The van der Waals surface area contributed by atoms with E-state index in [9.17, 15) is 14.3 Å². The molecule has 1 saturated heterocycles. The normalized spacial score (nSPS) is 19.8. The SMILES string of the molecule is CN(C)C1CCCN(c2c(F)cccc2C(=O)O)C1. The van der Waals surface area contributed by atoms with Gasteiger partial charge in [-0.3, -0.25) is 0 Å². The van der Waals surface area contributed by atoms with Crippen LogP contribution in [0.2, 0.25) is 0 Å². The van der Waals surface area contributed by atoms with Crippen LogP contribution in [-0.2, 0) is 0 Å². The van der Waals surface area contributed by atoms with E-state index in [4.69, 9.17) is 0 Å². The molecule has 1 N–H and O–H groups in total. The first-order valence-corrected chi connectivity index (χ1v) is 6.44. The second-order valence-corrected chi connectivity index (χ2v) is 5.15. The molecule has 0 radical (unpaired) electrons. The minimum absolute atomic E-state index is 0.0411. The second-order valence-electron chi connectivity index (χ2n) is 5.15. The summed E-state index contributed by atoms with van der Waals surface area (Å²) >= 11 is 0. The van der Waals surface area contributed by atoms with E-state index in [-0.39, 0.29) is 11.3 Å². The van der Waals surface area contributed by atoms with Crippen molar-refractivity contribution in [3.8, 4) is 0 Å². The number of aromatic carboxylic acids is 1. The fourth-order valence-corrected chi connectivity index (χ4v) is 2.59. The second kappa shape index (κ2) is 5.57. The van der Waals surface area contributed by atoms with Crippen molar-refractivity contribution < 1.29 is 14.3 Å². The van der Waals surface area contributed by atoms with Gasteiger partial charge < -0.3 is 14.9 Å². The van der Waals surface area contributed by atoms with Crippen LogP contribution < -0.4 is 4.90 Å². The molecule has 0 aliphatic carbocycles. The number of carboxylic acids is 1. The van der Waals surface area contributed by atoms with Gasteiger partial charge in [0.05, 0.1) is 11.3 Å². The third kappa shape index (κ3) is 2.87. The molecule has 1 aromatic rings. The lowest BCUT2D eigenvalue weighted by Crippen LogP contribution is -2.45. The molecule has 0 spiro atoms. The highest BCUT2D eigenvalue weighted by molar-refractivity contribution is 5.94. The van der Waals surface area contributed by atoms with Gasteiger partial charge in [-0.1, -0.05) is 6.07 Å². The molecule has 1 aromatic carbocycles. The zero-order chi connectivity index (χ0) is 14.0. The van der Waals surface area contributed by atoms with Crippen molar-refractivity contribution in [2.45, 2.75) is 18.9 Å². The van der Waals surface area contributed by atoms with Crippen molar-refractivity contribution in [3.63, 3.8) is 0 Å². The molecule has 0 bridgehead atoms. The molecule has 0 aromatic heterocycles. The van der Waals surface area contributed by atoms with Crippen LogP contribution in [0.25, 0.3) is 0 Å². The average Bonchev–Trinajstić information content (AvgIpc) is 2.38. The summed E-state index contributed by atoms with van der Waals surface area (Å²) in [4.78, 5) is 15.2. The molecule has 4 nitrogen and oxygen atoms in total. The van der Waals surface area contributed by atoms with Gasteiger partial charge in [0.15, 0.2) is 0 Å². The van der Waals surface area contributed by atoms with Crippen LogP contribution >= 0.6 is 0 Å². The number of benzene rings is 1. The number of rotatable bonds is 3. The van der Waals surface area contributed by atoms with Crippen molar-refractivity contribution >= 4 is 11.7 Å². The molecule has 1 fully saturated rings. The van der Waals surface area contributed by atoms with Crippen molar-refractivity contribution in [1.82, 2.24) is 4.90 Å². The number of hydrogen-bond acceptors (Lipinski definition) is 3. The first-order valence-electron chi connectivity index (χ1n) is 6.44. The van der Waals surface area contributed by atoms with Crippen LogP contribution in [0.3, 0.4) is 0 Å². The molecule has 1 atom stereocenters. The van der Waals surface area contributed by atoms with Gasteiger partial charge in [-0.2, -0.15) is 0 Å². The topological polar surface area (TPSA) is 43.8 Å². The number of likely N-dealkylation sites (N-methyl/N-ethyl adjacent to an activating group) is 1. The smallest absolute Gasteiger partial charge is 0.337 e. The highest BCUT2D eigenvalue weighted by Gasteiger charge is 2.26. The number of para-hydroxylation sites is 1. The maximum atomic E-state index is 14.0. The van der Waals surface area contributed by atoms with Gasteiger partial charge in [0.1, 0.15) is 5.82 Å². The lowest BCUT2D eigenvalue weighted by Gasteiger charge is -2.38. The molecule has 1 heterocycles. The molecule has 1 aliphatic heterocycles. The zero-order valence-corrected chi connectivity index (χ0v) is 11.3. The minimum Gasteiger partial charge on any atom is -0.478 e. The molecule has 2 rings (SSSR count). The summed E-state index contributed by atoms with van der Waals surface area (Å²) < 4.78 is 14.0. The maximum Gasteiger partial charge on any atom is 0.337 e. The summed E-state index contributed by atoms with van der Waals surface area (Å²) in [7, 11) is 3.99. The summed E-state index contributed by atoms with van der Waals surface area (Å²) in [5, 5.41) is 9.19. The lowest BCUT2D eigenvalue weighted by molar-refractivity contribution is 0.0697. The Morgan fingerprint density at radius 2 is 2.21 bits per heavy atom. The van der Waals surface area contributed by atoms with E-state index in [1.807, 2.05) is 19.0 Å². The van der Waals surface area contributed by atoms with Crippen LogP contribution in [0.5, 0.6) is 0 Å². The van der Waals surface area contributed by atoms with E-state index in [1.165, 1.54) is 18.2 Å². The van der Waals surface area contributed by atoms with Crippen LogP contribution in [-0.4, -0.2) is 49.2 Å². The van der Waals surface area contributed by atoms with Gasteiger partial charge in [-0.25, -0.2) is 9.18 Å². The van der Waals surface area contributed by atoms with Gasteiger partial charge in [-0.15, -0.1) is 0 Å². The van der Waals surface area contributed by atoms with Gasteiger partial charge in [0, 0.05) is 19.1 Å². The fourth-order valence-electron chi connectivity index (χ4n) is 2.59. The third-order valence-electron chi connectivity index (χ3n) is 3.66. The molecule has 1 unspecified atom stereocenters. The average molecular weight is 266 g/mol. The fraction of sp³-hybridized carbons (Fsp3) is 0.500. The van der Waals surface area contributed by atoms with Crippen molar-refractivity contribution in [2.24, 2.45) is 0 Å². The molecule has 0 saturated carbocycles. The van der Waals surface area contributed by atoms with Crippen molar-refractivity contribution in [1.29, 1.82) is 0 Å². The molecule has 19 heavy (non-hydrogen) atoms. The molecule has 1 aliphatic rings. The van der Waals surface area contributed by atoms with Gasteiger partial charge in [-0.05, 0) is 39.1 Å². The van der Waals surface area contributed by atoms with Gasteiger partial charge in [0.2, 0.25) is 0 Å². The molecular formula is C14H19FN2O2. The van der Waals surface area contributed by atoms with E-state index in [0.29, 0.717) is 19.1 Å². The first kappa shape index (κ1) is 13.8. The quantitative estimate of drug-likeness (QED) is 0.909. The van der Waals surface area contributed by atoms with E-state index in [1.54, 1.807) is 0 Å². The predicted molar refractivity (Wildman–Crippen MR) is 72.3 cm³/mol. The number of nitrogens with zero attached hydrogens (tertiary/aromatic N) is 2. The van der Waals surface area contributed by atoms with Crippen LogP contribution in [0, 0.1) is 5.82 Å². The molecule has 104 valence electrons. The largest absolute Gasteiger partial charge is 0.478 e. The standard InChI is InChI=1S/C14H19FN2O2/c1-16(2)10-5-4-8-17(9-10)13-11(14(18)19)6-3-7-12(13)15/h3,6-7,10H,4-5,8-9H2,1-2H3,(H,18,19). The van der Waals surface area contributed by atoms with Crippen LogP contribution in [0.1, 0.15) is 23.2 Å². The van der Waals surface area contributed by atoms with Crippen LogP contribution in [0.15, 0.2) is 18.2 Å². The Balaban J connectivity index is 2.33. The molecule has 5 heteroatoms. The van der Waals surface area contributed by atoms with E-state index in [2.05, 4.69) is 4.90 Å². The highest BCUT2D eigenvalue weighted by atomic mass is 19.1.